The molecule has 3 rings (SSSR count). The predicted octanol–water partition coefficient (Wildman–Crippen LogP) is 1.88. The fourth-order valence-corrected chi connectivity index (χ4v) is 3.40. The Morgan fingerprint density at radius 1 is 1.16 bits per heavy atom. The van der Waals surface area contributed by atoms with Crippen LogP contribution in [0.2, 0.25) is 0 Å². The average Bonchev–Trinajstić information content (AvgIpc) is 2.78. The molecule has 2 aliphatic heterocycles. The van der Waals surface area contributed by atoms with Gasteiger partial charge in [0.2, 0.25) is 0 Å². The highest BCUT2D eigenvalue weighted by atomic mass is 16.7. The zero-order valence-corrected chi connectivity index (χ0v) is 16.1. The molecule has 0 aromatic heterocycles. The number of benzene rings is 1. The van der Waals surface area contributed by atoms with E-state index < -0.39 is 0 Å². The summed E-state index contributed by atoms with van der Waals surface area (Å²) >= 11 is 0. The molecule has 1 aromatic rings. The number of rotatable bonds is 3. The van der Waals surface area contributed by atoms with E-state index in [1.54, 1.807) is 0 Å². The summed E-state index contributed by atoms with van der Waals surface area (Å²) < 4.78 is 12.6. The van der Waals surface area contributed by atoms with Crippen molar-refractivity contribution in [2.75, 3.05) is 31.1 Å². The second-order valence-electron chi connectivity index (χ2n) is 8.03. The number of terminal acetylenes is 1. The van der Waals surface area contributed by atoms with Crippen LogP contribution < -0.4 is 15.7 Å². The fraction of sp³-hybridized carbons (Fsp3) is 0.600. The summed E-state index contributed by atoms with van der Waals surface area (Å²) in [6, 6.07) is 4.46. The maximum atomic E-state index is 6.30. The van der Waals surface area contributed by atoms with Crippen LogP contribution in [0, 0.1) is 19.3 Å². The standard InChI is InChI=1S/C20H29BN2O2/c1-7-8-16-13-17(23-11-9-22-10-12-23)14-18(15(16)2)21-24-19(3,4)20(5,6)25-21/h1,13-14,22H,8-12H2,2-6H3. The molecule has 134 valence electrons. The molecule has 0 atom stereocenters. The van der Waals surface area contributed by atoms with Gasteiger partial charge in [-0.3, -0.25) is 0 Å². The van der Waals surface area contributed by atoms with Gasteiger partial charge < -0.3 is 19.5 Å². The summed E-state index contributed by atoms with van der Waals surface area (Å²) in [7, 11) is -0.357. The first kappa shape index (κ1) is 18.3. The number of piperazine rings is 1. The van der Waals surface area contributed by atoms with Crippen LogP contribution in [0.1, 0.15) is 38.8 Å². The third-order valence-electron chi connectivity index (χ3n) is 5.82. The second kappa shape index (κ2) is 6.68. The lowest BCUT2D eigenvalue weighted by Gasteiger charge is -2.32. The minimum absolute atomic E-state index is 0.346. The van der Waals surface area contributed by atoms with Gasteiger partial charge in [0.15, 0.2) is 0 Å². The largest absolute Gasteiger partial charge is 0.495 e. The number of nitrogens with one attached hydrogen (secondary N) is 1. The molecular weight excluding hydrogens is 311 g/mol. The minimum atomic E-state index is -0.357. The Hall–Kier alpha value is -1.48. The number of hydrogen-bond donors (Lipinski definition) is 1. The van der Waals surface area contributed by atoms with Gasteiger partial charge in [-0.05, 0) is 63.3 Å². The molecule has 5 heteroatoms. The van der Waals surface area contributed by atoms with E-state index in [-0.39, 0.29) is 18.3 Å². The lowest BCUT2D eigenvalue weighted by molar-refractivity contribution is 0.00578. The van der Waals surface area contributed by atoms with Crippen LogP contribution in [0.3, 0.4) is 0 Å². The van der Waals surface area contributed by atoms with Gasteiger partial charge in [0.25, 0.3) is 0 Å². The van der Waals surface area contributed by atoms with E-state index in [0.717, 1.165) is 31.6 Å². The molecule has 0 saturated carbocycles. The van der Waals surface area contributed by atoms with Gasteiger partial charge in [-0.15, -0.1) is 12.3 Å². The first-order valence-electron chi connectivity index (χ1n) is 9.13. The second-order valence-corrected chi connectivity index (χ2v) is 8.03. The zero-order valence-electron chi connectivity index (χ0n) is 16.1. The monoisotopic (exact) mass is 340 g/mol. The third-order valence-corrected chi connectivity index (χ3v) is 5.82. The van der Waals surface area contributed by atoms with Crippen molar-refractivity contribution in [3.63, 3.8) is 0 Å². The quantitative estimate of drug-likeness (QED) is 0.673. The molecule has 0 radical (unpaired) electrons. The molecule has 2 heterocycles. The van der Waals surface area contributed by atoms with Crippen molar-refractivity contribution >= 4 is 18.3 Å². The topological polar surface area (TPSA) is 33.7 Å². The van der Waals surface area contributed by atoms with Crippen LogP contribution in [0.4, 0.5) is 5.69 Å². The summed E-state index contributed by atoms with van der Waals surface area (Å²) in [6.07, 6.45) is 6.23. The fourth-order valence-electron chi connectivity index (χ4n) is 3.40. The maximum absolute atomic E-state index is 6.30. The molecule has 0 bridgehead atoms. The highest BCUT2D eigenvalue weighted by Crippen LogP contribution is 2.37. The van der Waals surface area contributed by atoms with Crippen molar-refractivity contribution in [2.24, 2.45) is 0 Å². The Morgan fingerprint density at radius 2 is 1.76 bits per heavy atom. The van der Waals surface area contributed by atoms with E-state index in [2.05, 4.69) is 62.9 Å². The molecule has 0 amide bonds. The Balaban J connectivity index is 2.00. The number of anilines is 1. The van der Waals surface area contributed by atoms with Crippen LogP contribution in [0.5, 0.6) is 0 Å². The molecule has 0 aliphatic carbocycles. The maximum Gasteiger partial charge on any atom is 0.495 e. The molecule has 0 unspecified atom stereocenters. The van der Waals surface area contributed by atoms with E-state index in [0.29, 0.717) is 6.42 Å². The Bertz CT molecular complexity index is 672. The normalized spacial score (nSPS) is 22.1. The first-order chi connectivity index (χ1) is 11.7. The van der Waals surface area contributed by atoms with Gasteiger partial charge in [-0.25, -0.2) is 0 Å². The highest BCUT2D eigenvalue weighted by Gasteiger charge is 2.52. The van der Waals surface area contributed by atoms with Crippen molar-refractivity contribution in [1.82, 2.24) is 5.32 Å². The minimum Gasteiger partial charge on any atom is -0.399 e. The Labute approximate surface area is 152 Å². The van der Waals surface area contributed by atoms with Crippen molar-refractivity contribution in [3.8, 4) is 12.3 Å². The molecule has 0 spiro atoms. The number of nitrogens with zero attached hydrogens (tertiary/aromatic N) is 1. The molecular formula is C20H29BN2O2. The van der Waals surface area contributed by atoms with Gasteiger partial charge in [-0.1, -0.05) is 0 Å². The van der Waals surface area contributed by atoms with E-state index in [9.17, 15) is 0 Å². The molecule has 1 aromatic carbocycles. The van der Waals surface area contributed by atoms with Crippen molar-refractivity contribution in [1.29, 1.82) is 0 Å². The zero-order chi connectivity index (χ0) is 18.2. The summed E-state index contributed by atoms with van der Waals surface area (Å²) in [4.78, 5) is 2.41. The lowest BCUT2D eigenvalue weighted by Crippen LogP contribution is -2.44. The number of hydrogen-bond acceptors (Lipinski definition) is 4. The molecule has 25 heavy (non-hydrogen) atoms. The Morgan fingerprint density at radius 3 is 2.32 bits per heavy atom. The molecule has 1 N–H and O–H groups in total. The van der Waals surface area contributed by atoms with E-state index in [1.807, 2.05) is 0 Å². The molecule has 2 saturated heterocycles. The Kier molecular flexibility index (Phi) is 4.90. The van der Waals surface area contributed by atoms with Crippen LogP contribution in [0.25, 0.3) is 0 Å². The molecule has 2 aliphatic rings. The average molecular weight is 340 g/mol. The van der Waals surface area contributed by atoms with Crippen molar-refractivity contribution in [2.45, 2.75) is 52.2 Å². The van der Waals surface area contributed by atoms with Gasteiger partial charge in [0, 0.05) is 38.3 Å². The van der Waals surface area contributed by atoms with Crippen molar-refractivity contribution in [3.05, 3.63) is 23.3 Å². The van der Waals surface area contributed by atoms with Gasteiger partial charge >= 0.3 is 7.12 Å². The van der Waals surface area contributed by atoms with Crippen molar-refractivity contribution < 1.29 is 9.31 Å². The van der Waals surface area contributed by atoms with E-state index in [4.69, 9.17) is 15.7 Å². The van der Waals surface area contributed by atoms with Crippen LogP contribution in [-0.2, 0) is 15.7 Å². The van der Waals surface area contributed by atoms with E-state index >= 15 is 0 Å². The SMILES string of the molecule is C#CCc1cc(N2CCNCC2)cc(B2OC(C)(C)C(C)(C)O2)c1C. The first-order valence-corrected chi connectivity index (χ1v) is 9.13. The molecule has 4 nitrogen and oxygen atoms in total. The van der Waals surface area contributed by atoms with Gasteiger partial charge in [0.05, 0.1) is 11.2 Å². The summed E-state index contributed by atoms with van der Waals surface area (Å²) in [5, 5.41) is 3.40. The highest BCUT2D eigenvalue weighted by molar-refractivity contribution is 6.62. The van der Waals surface area contributed by atoms with E-state index in [1.165, 1.54) is 16.8 Å². The summed E-state index contributed by atoms with van der Waals surface area (Å²) in [5.41, 5.74) is 3.98. The van der Waals surface area contributed by atoms with Crippen LogP contribution in [0.15, 0.2) is 12.1 Å². The summed E-state index contributed by atoms with van der Waals surface area (Å²) in [6.45, 7) is 14.5. The van der Waals surface area contributed by atoms with Gasteiger partial charge in [-0.2, -0.15) is 0 Å². The predicted molar refractivity (Wildman–Crippen MR) is 105 cm³/mol. The smallest absolute Gasteiger partial charge is 0.399 e. The third kappa shape index (κ3) is 3.44. The molecule has 2 fully saturated rings. The van der Waals surface area contributed by atoms with Gasteiger partial charge in [0.1, 0.15) is 0 Å². The lowest BCUT2D eigenvalue weighted by atomic mass is 9.74. The van der Waals surface area contributed by atoms with Crippen LogP contribution >= 0.6 is 0 Å². The van der Waals surface area contributed by atoms with Crippen LogP contribution in [-0.4, -0.2) is 44.5 Å². The summed E-state index contributed by atoms with van der Waals surface area (Å²) in [5.74, 6) is 2.79.